The lowest BCUT2D eigenvalue weighted by molar-refractivity contribution is -0.402. The molecular weight excluding hydrogens is 282 g/mol. The van der Waals surface area contributed by atoms with Crippen LogP contribution in [-0.4, -0.2) is 23.1 Å². The summed E-state index contributed by atoms with van der Waals surface area (Å²) in [4.78, 5) is 20.9. The second-order valence-electron chi connectivity index (χ2n) is 3.95. The molecule has 0 aliphatic rings. The summed E-state index contributed by atoms with van der Waals surface area (Å²) in [5.74, 6) is -0.835. The van der Waals surface area contributed by atoms with Crippen LogP contribution in [0.1, 0.15) is 16.1 Å². The highest BCUT2D eigenvalue weighted by Crippen LogP contribution is 2.26. The van der Waals surface area contributed by atoms with Gasteiger partial charge in [-0.25, -0.2) is 4.79 Å². The lowest BCUT2D eigenvalue weighted by atomic mass is 10.2. The number of hydrogen-bond acceptors (Lipinski definition) is 6. The summed E-state index contributed by atoms with van der Waals surface area (Å²) in [6.07, 6.45) is 0. The van der Waals surface area contributed by atoms with Gasteiger partial charge in [0.1, 0.15) is 34.4 Å². The number of carboxylic acids is 1. The molecule has 2 rings (SSSR count). The maximum atomic E-state index is 11.1. The number of ether oxygens (including phenoxy) is 2. The Labute approximate surface area is 118 Å². The summed E-state index contributed by atoms with van der Waals surface area (Å²) in [5, 5.41) is 19.6. The molecule has 1 aromatic heterocycles. The molecule has 0 unspecified atom stereocenters. The molecule has 1 heterocycles. The summed E-state index contributed by atoms with van der Waals surface area (Å²) < 4.78 is 15.3. The molecule has 0 bridgehead atoms. The van der Waals surface area contributed by atoms with Crippen molar-refractivity contribution in [2.75, 3.05) is 7.11 Å². The first kappa shape index (κ1) is 14.4. The third-order valence-corrected chi connectivity index (χ3v) is 2.62. The molecule has 2 aromatic rings. The smallest absolute Gasteiger partial charge is 0.433 e. The summed E-state index contributed by atoms with van der Waals surface area (Å²) in [7, 11) is 1.44. The van der Waals surface area contributed by atoms with Crippen LogP contribution in [0.15, 0.2) is 34.7 Å². The number of methoxy groups -OCH3 is 1. The maximum absolute atomic E-state index is 11.1. The third kappa shape index (κ3) is 3.30. The van der Waals surface area contributed by atoms with Gasteiger partial charge in [-0.3, -0.25) is 10.1 Å². The minimum atomic E-state index is -1.15. The van der Waals surface area contributed by atoms with Gasteiger partial charge >= 0.3 is 11.9 Å². The lowest BCUT2D eigenvalue weighted by Crippen LogP contribution is -2.03. The molecule has 8 heteroatoms. The average molecular weight is 293 g/mol. The van der Waals surface area contributed by atoms with E-state index in [1.165, 1.54) is 37.4 Å². The van der Waals surface area contributed by atoms with Crippen molar-refractivity contribution < 1.29 is 28.7 Å². The number of carboxylic acid groups (broad SMARTS) is 1. The fourth-order valence-corrected chi connectivity index (χ4v) is 1.62. The van der Waals surface area contributed by atoms with Crippen molar-refractivity contribution in [2.24, 2.45) is 0 Å². The van der Waals surface area contributed by atoms with Crippen molar-refractivity contribution in [3.05, 3.63) is 51.8 Å². The van der Waals surface area contributed by atoms with E-state index >= 15 is 0 Å². The lowest BCUT2D eigenvalue weighted by Gasteiger charge is -2.09. The summed E-state index contributed by atoms with van der Waals surface area (Å²) in [5.41, 5.74) is -0.0446. The molecule has 0 aliphatic carbocycles. The van der Waals surface area contributed by atoms with Crippen LogP contribution in [0.2, 0.25) is 0 Å². The van der Waals surface area contributed by atoms with Gasteiger partial charge in [0.05, 0.1) is 13.2 Å². The van der Waals surface area contributed by atoms with Gasteiger partial charge < -0.3 is 19.0 Å². The molecule has 0 amide bonds. The molecule has 0 saturated carbocycles. The Morgan fingerprint density at radius 2 is 2.14 bits per heavy atom. The number of hydrogen-bond donors (Lipinski definition) is 1. The van der Waals surface area contributed by atoms with E-state index in [-0.39, 0.29) is 23.7 Å². The molecule has 21 heavy (non-hydrogen) atoms. The first-order chi connectivity index (χ1) is 10.0. The molecule has 0 spiro atoms. The fourth-order valence-electron chi connectivity index (χ4n) is 1.62. The topological polar surface area (TPSA) is 112 Å². The van der Waals surface area contributed by atoms with Crippen LogP contribution >= 0.6 is 0 Å². The largest absolute Gasteiger partial charge is 0.497 e. The average Bonchev–Trinajstić information content (AvgIpc) is 2.93. The molecule has 8 nitrogen and oxygen atoms in total. The number of aromatic carboxylic acids is 1. The highest BCUT2D eigenvalue weighted by Gasteiger charge is 2.15. The van der Waals surface area contributed by atoms with Crippen LogP contribution in [0.4, 0.5) is 5.88 Å². The summed E-state index contributed by atoms with van der Waals surface area (Å²) in [6.45, 7) is -0.138. The van der Waals surface area contributed by atoms with Crippen LogP contribution in [0.5, 0.6) is 11.5 Å². The van der Waals surface area contributed by atoms with Crippen molar-refractivity contribution in [3.63, 3.8) is 0 Å². The Morgan fingerprint density at radius 3 is 2.71 bits per heavy atom. The van der Waals surface area contributed by atoms with Crippen molar-refractivity contribution in [1.82, 2.24) is 0 Å². The van der Waals surface area contributed by atoms with E-state index in [0.717, 1.165) is 0 Å². The first-order valence-electron chi connectivity index (χ1n) is 5.78. The van der Waals surface area contributed by atoms with E-state index in [1.54, 1.807) is 0 Å². The van der Waals surface area contributed by atoms with Gasteiger partial charge in [0, 0.05) is 6.07 Å². The van der Waals surface area contributed by atoms with Crippen molar-refractivity contribution in [3.8, 4) is 11.5 Å². The molecule has 110 valence electrons. The quantitative estimate of drug-likeness (QED) is 0.643. The number of benzene rings is 1. The van der Waals surface area contributed by atoms with Crippen LogP contribution in [0, 0.1) is 10.1 Å². The van der Waals surface area contributed by atoms with Crippen LogP contribution in [0.25, 0.3) is 0 Å². The Balaban J connectivity index is 2.17. The Kier molecular flexibility index (Phi) is 4.07. The standard InChI is InChI=1S/C13H11NO7/c1-19-8-2-4-10(13(15)16)11(6-8)20-7-9-3-5-12(21-9)14(17)18/h2-6H,7H2,1H3,(H,15,16). The molecule has 0 saturated heterocycles. The first-order valence-corrected chi connectivity index (χ1v) is 5.78. The van der Waals surface area contributed by atoms with Gasteiger partial charge in [-0.2, -0.15) is 0 Å². The minimum Gasteiger partial charge on any atom is -0.497 e. The fraction of sp³-hybridized carbons (Fsp3) is 0.154. The van der Waals surface area contributed by atoms with E-state index in [4.69, 9.17) is 19.0 Å². The van der Waals surface area contributed by atoms with E-state index in [1.807, 2.05) is 0 Å². The number of nitrogens with zero attached hydrogens (tertiary/aromatic N) is 1. The van der Waals surface area contributed by atoms with E-state index in [2.05, 4.69) is 0 Å². The van der Waals surface area contributed by atoms with Crippen LogP contribution < -0.4 is 9.47 Å². The SMILES string of the molecule is COc1ccc(C(=O)O)c(OCc2ccc([N+](=O)[O-])o2)c1. The number of furan rings is 1. The highest BCUT2D eigenvalue weighted by atomic mass is 16.6. The molecule has 1 aromatic carbocycles. The molecule has 0 aliphatic heterocycles. The third-order valence-electron chi connectivity index (χ3n) is 2.62. The van der Waals surface area contributed by atoms with Gasteiger partial charge in [-0.05, 0) is 18.2 Å². The number of rotatable bonds is 6. The van der Waals surface area contributed by atoms with E-state index < -0.39 is 16.8 Å². The van der Waals surface area contributed by atoms with Crippen LogP contribution in [0.3, 0.4) is 0 Å². The monoisotopic (exact) mass is 293 g/mol. The van der Waals surface area contributed by atoms with Crippen LogP contribution in [-0.2, 0) is 6.61 Å². The summed E-state index contributed by atoms with van der Waals surface area (Å²) in [6, 6.07) is 6.84. The second-order valence-corrected chi connectivity index (χ2v) is 3.95. The zero-order chi connectivity index (χ0) is 15.4. The predicted octanol–water partition coefficient (Wildman–Crippen LogP) is 2.47. The molecule has 0 fully saturated rings. The normalized spacial score (nSPS) is 10.1. The maximum Gasteiger partial charge on any atom is 0.433 e. The highest BCUT2D eigenvalue weighted by molar-refractivity contribution is 5.91. The zero-order valence-corrected chi connectivity index (χ0v) is 10.9. The van der Waals surface area contributed by atoms with E-state index in [9.17, 15) is 14.9 Å². The second kappa shape index (κ2) is 5.95. The molecule has 0 radical (unpaired) electrons. The Hall–Kier alpha value is -3.03. The number of carbonyl (C=O) groups is 1. The number of nitro groups is 1. The molecule has 0 atom stereocenters. The summed E-state index contributed by atoms with van der Waals surface area (Å²) >= 11 is 0. The van der Waals surface area contributed by atoms with Gasteiger partial charge in [0.15, 0.2) is 0 Å². The van der Waals surface area contributed by atoms with Gasteiger partial charge in [-0.1, -0.05) is 0 Å². The zero-order valence-electron chi connectivity index (χ0n) is 10.9. The Bertz CT molecular complexity index is 677. The van der Waals surface area contributed by atoms with Crippen molar-refractivity contribution in [2.45, 2.75) is 6.61 Å². The Morgan fingerprint density at radius 1 is 1.38 bits per heavy atom. The van der Waals surface area contributed by atoms with E-state index in [0.29, 0.717) is 5.75 Å². The minimum absolute atomic E-state index is 0.0446. The molecule has 1 N–H and O–H groups in total. The van der Waals surface area contributed by atoms with Gasteiger partial charge in [0.25, 0.3) is 0 Å². The van der Waals surface area contributed by atoms with Crippen molar-refractivity contribution in [1.29, 1.82) is 0 Å². The molecular formula is C13H11NO7. The van der Waals surface area contributed by atoms with Gasteiger partial charge in [0.2, 0.25) is 0 Å². The van der Waals surface area contributed by atoms with Crippen molar-refractivity contribution >= 4 is 11.9 Å². The predicted molar refractivity (Wildman–Crippen MR) is 69.6 cm³/mol. The van der Waals surface area contributed by atoms with Gasteiger partial charge in [-0.15, -0.1) is 0 Å².